The first-order chi connectivity index (χ1) is 13.6. The average molecular weight is 416 g/mol. The Balaban J connectivity index is 1.86. The van der Waals surface area contributed by atoms with Crippen LogP contribution >= 0.6 is 23.2 Å². The van der Waals surface area contributed by atoms with Crippen LogP contribution < -0.4 is 5.32 Å². The van der Waals surface area contributed by atoms with Crippen LogP contribution in [0.25, 0.3) is 22.5 Å². The number of rotatable bonds is 4. The second-order valence-electron chi connectivity index (χ2n) is 7.00. The molecule has 1 saturated carbocycles. The fraction of sp³-hybridized carbons (Fsp3) is 0.273. The van der Waals surface area contributed by atoms with Crippen LogP contribution in [0.5, 0.6) is 0 Å². The van der Waals surface area contributed by atoms with Crippen molar-refractivity contribution >= 4 is 29.0 Å². The summed E-state index contributed by atoms with van der Waals surface area (Å²) in [6, 6.07) is 12.2. The van der Waals surface area contributed by atoms with Gasteiger partial charge in [-0.05, 0) is 43.2 Å². The van der Waals surface area contributed by atoms with E-state index in [1.54, 1.807) is 24.4 Å². The highest BCUT2D eigenvalue weighted by molar-refractivity contribution is 6.37. The lowest BCUT2D eigenvalue weighted by Gasteiger charge is -2.25. The maximum Gasteiger partial charge on any atom is 0.136 e. The zero-order chi connectivity index (χ0) is 19.5. The average Bonchev–Trinajstić information content (AvgIpc) is 2.71. The number of nitrogens with zero attached hydrogens (tertiary/aromatic N) is 2. The maximum atomic E-state index is 14.7. The predicted molar refractivity (Wildman–Crippen MR) is 113 cm³/mol. The summed E-state index contributed by atoms with van der Waals surface area (Å²) >= 11 is 13.0. The van der Waals surface area contributed by atoms with Gasteiger partial charge in [0.2, 0.25) is 0 Å². The second kappa shape index (κ2) is 8.46. The Morgan fingerprint density at radius 2 is 1.71 bits per heavy atom. The molecule has 1 N–H and O–H groups in total. The number of hydrogen-bond acceptors (Lipinski definition) is 3. The Morgan fingerprint density at radius 3 is 2.43 bits per heavy atom. The molecule has 1 aliphatic rings. The van der Waals surface area contributed by atoms with Gasteiger partial charge in [-0.2, -0.15) is 0 Å². The summed E-state index contributed by atoms with van der Waals surface area (Å²) < 4.78 is 14.7. The Kier molecular flexibility index (Phi) is 5.79. The van der Waals surface area contributed by atoms with Gasteiger partial charge < -0.3 is 5.32 Å². The summed E-state index contributed by atoms with van der Waals surface area (Å²) in [5.74, 6) is 0.125. The van der Waals surface area contributed by atoms with Crippen molar-refractivity contribution in [3.05, 3.63) is 64.5 Å². The number of pyridine rings is 2. The smallest absolute Gasteiger partial charge is 0.136 e. The standard InChI is InChI=1S/C22H20Cl2FN3/c23-15-9-6-10-17(25)20(15)21-16(24)13-19(18-11-4-5-12-26-18)28-22(21)27-14-7-2-1-3-8-14/h4-6,9-14H,1-3,7-8H2,(H,27,28). The fourth-order valence-electron chi connectivity index (χ4n) is 3.68. The first-order valence-corrected chi connectivity index (χ1v) is 10.2. The molecule has 4 rings (SSSR count). The molecule has 1 fully saturated rings. The molecule has 0 aliphatic heterocycles. The highest BCUT2D eigenvalue weighted by Crippen LogP contribution is 2.41. The number of halogens is 3. The topological polar surface area (TPSA) is 37.8 Å². The van der Waals surface area contributed by atoms with E-state index >= 15 is 0 Å². The molecule has 2 heterocycles. The number of nitrogens with one attached hydrogen (secondary N) is 1. The van der Waals surface area contributed by atoms with E-state index in [4.69, 9.17) is 28.2 Å². The number of benzene rings is 1. The first kappa shape index (κ1) is 19.2. The van der Waals surface area contributed by atoms with Crippen LogP contribution in [-0.4, -0.2) is 16.0 Å². The minimum atomic E-state index is -0.423. The van der Waals surface area contributed by atoms with Crippen molar-refractivity contribution in [3.63, 3.8) is 0 Å². The van der Waals surface area contributed by atoms with Crippen LogP contribution in [0, 0.1) is 5.82 Å². The van der Waals surface area contributed by atoms with Crippen LogP contribution in [0.4, 0.5) is 10.2 Å². The highest BCUT2D eigenvalue weighted by atomic mass is 35.5. The molecule has 0 bridgehead atoms. The zero-order valence-electron chi connectivity index (χ0n) is 15.3. The molecule has 144 valence electrons. The van der Waals surface area contributed by atoms with Gasteiger partial charge in [0, 0.05) is 23.4 Å². The molecular formula is C22H20Cl2FN3. The van der Waals surface area contributed by atoms with Crippen LogP contribution in [-0.2, 0) is 0 Å². The van der Waals surface area contributed by atoms with E-state index in [0.29, 0.717) is 32.8 Å². The number of anilines is 1. The summed E-state index contributed by atoms with van der Waals surface area (Å²) in [6.07, 6.45) is 7.39. The van der Waals surface area contributed by atoms with Crippen molar-refractivity contribution in [2.45, 2.75) is 38.1 Å². The van der Waals surface area contributed by atoms with Crippen LogP contribution in [0.3, 0.4) is 0 Å². The summed E-state index contributed by atoms with van der Waals surface area (Å²) in [4.78, 5) is 9.14. The van der Waals surface area contributed by atoms with Crippen molar-refractivity contribution in [1.82, 2.24) is 9.97 Å². The van der Waals surface area contributed by atoms with Gasteiger partial charge in [0.25, 0.3) is 0 Å². The largest absolute Gasteiger partial charge is 0.367 e. The SMILES string of the molecule is Fc1cccc(Cl)c1-c1c(Cl)cc(-c2ccccn2)nc1NC1CCCCC1. The summed E-state index contributed by atoms with van der Waals surface area (Å²) in [7, 11) is 0. The molecule has 3 nitrogen and oxygen atoms in total. The van der Waals surface area contributed by atoms with Gasteiger partial charge in [-0.25, -0.2) is 9.37 Å². The molecule has 0 unspecified atom stereocenters. The van der Waals surface area contributed by atoms with Gasteiger partial charge in [-0.1, -0.05) is 54.6 Å². The fourth-order valence-corrected chi connectivity index (χ4v) is 4.22. The molecule has 0 amide bonds. The Morgan fingerprint density at radius 1 is 0.893 bits per heavy atom. The lowest BCUT2D eigenvalue weighted by atomic mass is 9.95. The third-order valence-corrected chi connectivity index (χ3v) is 5.67. The lowest BCUT2D eigenvalue weighted by molar-refractivity contribution is 0.462. The molecule has 1 aliphatic carbocycles. The minimum absolute atomic E-state index is 0.271. The van der Waals surface area contributed by atoms with Crippen molar-refractivity contribution in [3.8, 4) is 22.5 Å². The maximum absolute atomic E-state index is 14.7. The zero-order valence-corrected chi connectivity index (χ0v) is 16.8. The number of aromatic nitrogens is 2. The molecule has 1 aromatic carbocycles. The van der Waals surface area contributed by atoms with Gasteiger partial charge in [-0.15, -0.1) is 0 Å². The van der Waals surface area contributed by atoms with E-state index < -0.39 is 5.82 Å². The molecule has 0 saturated heterocycles. The summed E-state index contributed by atoms with van der Waals surface area (Å²) in [6.45, 7) is 0. The van der Waals surface area contributed by atoms with E-state index in [-0.39, 0.29) is 11.6 Å². The Hall–Kier alpha value is -2.17. The molecule has 6 heteroatoms. The third kappa shape index (κ3) is 3.98. The van der Waals surface area contributed by atoms with Crippen LogP contribution in [0.1, 0.15) is 32.1 Å². The first-order valence-electron chi connectivity index (χ1n) is 9.46. The van der Waals surface area contributed by atoms with Crippen molar-refractivity contribution in [2.75, 3.05) is 5.32 Å². The molecular weight excluding hydrogens is 396 g/mol. The van der Waals surface area contributed by atoms with E-state index in [2.05, 4.69) is 10.3 Å². The van der Waals surface area contributed by atoms with E-state index in [9.17, 15) is 4.39 Å². The van der Waals surface area contributed by atoms with E-state index in [1.165, 1.54) is 25.3 Å². The number of hydrogen-bond donors (Lipinski definition) is 1. The normalized spacial score (nSPS) is 14.8. The predicted octanol–water partition coefficient (Wildman–Crippen LogP) is 7.00. The monoisotopic (exact) mass is 415 g/mol. The molecule has 28 heavy (non-hydrogen) atoms. The lowest BCUT2D eigenvalue weighted by Crippen LogP contribution is -2.23. The minimum Gasteiger partial charge on any atom is -0.367 e. The quantitative estimate of drug-likeness (QED) is 0.498. The van der Waals surface area contributed by atoms with Crippen molar-refractivity contribution in [1.29, 1.82) is 0 Å². The highest BCUT2D eigenvalue weighted by Gasteiger charge is 2.23. The van der Waals surface area contributed by atoms with Crippen LogP contribution in [0.2, 0.25) is 10.0 Å². The van der Waals surface area contributed by atoms with Gasteiger partial charge in [0.05, 0.1) is 21.4 Å². The Labute approximate surface area is 173 Å². The molecule has 0 spiro atoms. The van der Waals surface area contributed by atoms with Crippen molar-refractivity contribution in [2.24, 2.45) is 0 Å². The van der Waals surface area contributed by atoms with Gasteiger partial charge in [0.15, 0.2) is 0 Å². The van der Waals surface area contributed by atoms with Crippen LogP contribution in [0.15, 0.2) is 48.7 Å². The van der Waals surface area contributed by atoms with Crippen molar-refractivity contribution < 1.29 is 4.39 Å². The third-order valence-electron chi connectivity index (χ3n) is 5.06. The summed E-state index contributed by atoms with van der Waals surface area (Å²) in [5.41, 5.74) is 2.12. The molecule has 3 aromatic rings. The molecule has 0 atom stereocenters. The van der Waals surface area contributed by atoms with E-state index in [0.717, 1.165) is 12.8 Å². The second-order valence-corrected chi connectivity index (χ2v) is 7.82. The van der Waals surface area contributed by atoms with E-state index in [1.807, 2.05) is 18.2 Å². The van der Waals surface area contributed by atoms with Gasteiger partial charge in [-0.3, -0.25) is 4.98 Å². The molecule has 2 aromatic heterocycles. The molecule has 0 radical (unpaired) electrons. The van der Waals surface area contributed by atoms with Gasteiger partial charge in [0.1, 0.15) is 11.6 Å². The van der Waals surface area contributed by atoms with Gasteiger partial charge >= 0.3 is 0 Å². The summed E-state index contributed by atoms with van der Waals surface area (Å²) in [5, 5.41) is 4.20. The Bertz CT molecular complexity index is 953.